The van der Waals surface area contributed by atoms with E-state index in [1.54, 1.807) is 0 Å². The van der Waals surface area contributed by atoms with Crippen molar-refractivity contribution >= 4 is 0 Å². The molecule has 1 aliphatic rings. The summed E-state index contributed by atoms with van der Waals surface area (Å²) in [5.41, 5.74) is 3.14. The van der Waals surface area contributed by atoms with E-state index < -0.39 is 29.5 Å². The molecule has 17 heavy (non-hydrogen) atoms. The highest BCUT2D eigenvalue weighted by Gasteiger charge is 2.71. The second-order valence-corrected chi connectivity index (χ2v) is 4.24. The quantitative estimate of drug-likeness (QED) is 0.803. The van der Waals surface area contributed by atoms with E-state index in [1.165, 1.54) is 0 Å². The smallest absolute Gasteiger partial charge is 0.329 e. The summed E-state index contributed by atoms with van der Waals surface area (Å²) >= 11 is 0. The fourth-order valence-corrected chi connectivity index (χ4v) is 1.97. The van der Waals surface area contributed by atoms with Crippen molar-refractivity contribution in [3.63, 3.8) is 0 Å². The molecule has 2 N–H and O–H groups in total. The third-order valence-corrected chi connectivity index (χ3v) is 3.21. The molecular weight excluding hydrogens is 241 g/mol. The number of hydrogen-bond donors (Lipinski definition) is 1. The average Bonchev–Trinajstić information content (AvgIpc) is 2.81. The molecule has 0 aliphatic heterocycles. The van der Waals surface area contributed by atoms with Crippen LogP contribution < -0.4 is 5.73 Å². The van der Waals surface area contributed by atoms with E-state index in [9.17, 15) is 22.0 Å². The van der Waals surface area contributed by atoms with Gasteiger partial charge in [0.05, 0.1) is 11.0 Å². The molecule has 1 nitrogen and oxygen atoms in total. The Bertz CT molecular complexity index is 422. The van der Waals surface area contributed by atoms with Gasteiger partial charge in [0.25, 0.3) is 5.92 Å². The predicted molar refractivity (Wildman–Crippen MR) is 51.7 cm³/mol. The Kier molecular flexibility index (Phi) is 2.47. The third kappa shape index (κ3) is 1.80. The molecule has 6 heteroatoms. The van der Waals surface area contributed by atoms with Crippen LogP contribution in [0.4, 0.5) is 22.0 Å². The van der Waals surface area contributed by atoms with E-state index in [4.69, 9.17) is 5.73 Å². The molecule has 1 aromatic rings. The lowest BCUT2D eigenvalue weighted by Crippen LogP contribution is -2.26. The molecule has 0 radical (unpaired) electrons. The maximum Gasteiger partial charge on any atom is 0.416 e. The molecule has 0 heterocycles. The van der Waals surface area contributed by atoms with Crippen molar-refractivity contribution in [3.8, 4) is 0 Å². The predicted octanol–water partition coefficient (Wildman–Crippen LogP) is 2.94. The second kappa shape index (κ2) is 3.41. The molecule has 1 unspecified atom stereocenters. The van der Waals surface area contributed by atoms with Crippen molar-refractivity contribution < 1.29 is 22.0 Å². The van der Waals surface area contributed by atoms with Crippen molar-refractivity contribution in [2.75, 3.05) is 6.54 Å². The Morgan fingerprint density at radius 3 is 1.88 bits per heavy atom. The van der Waals surface area contributed by atoms with Crippen molar-refractivity contribution in [2.24, 2.45) is 5.73 Å². The van der Waals surface area contributed by atoms with E-state index in [0.717, 1.165) is 24.3 Å². The molecule has 0 bridgehead atoms. The standard InChI is InChI=1S/C11H10F5N/c12-10(13)5-9(10,6-17)7-1-3-8(4-2-7)11(14,15)16/h1-4H,5-6,17H2. The minimum atomic E-state index is -4.46. The number of alkyl halides is 5. The van der Waals surface area contributed by atoms with Crippen LogP contribution in [-0.4, -0.2) is 12.5 Å². The van der Waals surface area contributed by atoms with Gasteiger partial charge in [0.1, 0.15) is 0 Å². The van der Waals surface area contributed by atoms with Crippen LogP contribution in [-0.2, 0) is 11.6 Å². The molecule has 1 saturated carbocycles. The minimum absolute atomic E-state index is 0.165. The van der Waals surface area contributed by atoms with Gasteiger partial charge in [-0.15, -0.1) is 0 Å². The first-order chi connectivity index (χ1) is 7.73. The Labute approximate surface area is 94.4 Å². The monoisotopic (exact) mass is 251 g/mol. The summed E-state index contributed by atoms with van der Waals surface area (Å²) in [6.07, 6.45) is -4.86. The van der Waals surface area contributed by atoms with Gasteiger partial charge in [0, 0.05) is 13.0 Å². The van der Waals surface area contributed by atoms with Crippen LogP contribution in [0.25, 0.3) is 0 Å². The van der Waals surface area contributed by atoms with Gasteiger partial charge in [-0.1, -0.05) is 12.1 Å². The lowest BCUT2D eigenvalue weighted by Gasteiger charge is -2.15. The molecular formula is C11H10F5N. The summed E-state index contributed by atoms with van der Waals surface area (Å²) in [4.78, 5) is 0. The molecule has 94 valence electrons. The fraction of sp³-hybridized carbons (Fsp3) is 0.455. The summed E-state index contributed by atoms with van der Waals surface area (Å²) in [5, 5.41) is 0. The zero-order valence-corrected chi connectivity index (χ0v) is 8.69. The molecule has 0 saturated heterocycles. The summed E-state index contributed by atoms with van der Waals surface area (Å²) in [5.74, 6) is -2.92. The van der Waals surface area contributed by atoms with Gasteiger partial charge < -0.3 is 5.73 Å². The number of hydrogen-bond acceptors (Lipinski definition) is 1. The van der Waals surface area contributed by atoms with Crippen LogP contribution >= 0.6 is 0 Å². The first kappa shape index (κ1) is 12.3. The van der Waals surface area contributed by atoms with Crippen molar-refractivity contribution in [3.05, 3.63) is 35.4 Å². The average molecular weight is 251 g/mol. The Hall–Kier alpha value is -1.17. The lowest BCUT2D eigenvalue weighted by atomic mass is 9.94. The van der Waals surface area contributed by atoms with Crippen LogP contribution in [0.15, 0.2) is 24.3 Å². The topological polar surface area (TPSA) is 26.0 Å². The molecule has 1 aliphatic carbocycles. The minimum Gasteiger partial charge on any atom is -0.329 e. The molecule has 0 spiro atoms. The Morgan fingerprint density at radius 1 is 1.12 bits per heavy atom. The summed E-state index contributed by atoms with van der Waals surface area (Å²) < 4.78 is 63.2. The SMILES string of the molecule is NCC1(c2ccc(C(F)(F)F)cc2)CC1(F)F. The summed E-state index contributed by atoms with van der Waals surface area (Å²) in [6, 6.07) is 3.77. The van der Waals surface area contributed by atoms with Gasteiger partial charge in [-0.3, -0.25) is 0 Å². The Balaban J connectivity index is 2.31. The highest BCUT2D eigenvalue weighted by atomic mass is 19.4. The largest absolute Gasteiger partial charge is 0.416 e. The van der Waals surface area contributed by atoms with Gasteiger partial charge >= 0.3 is 6.18 Å². The van der Waals surface area contributed by atoms with E-state index in [2.05, 4.69) is 0 Å². The molecule has 1 aromatic carbocycles. The van der Waals surface area contributed by atoms with Gasteiger partial charge in [-0.2, -0.15) is 13.2 Å². The highest BCUT2D eigenvalue weighted by molar-refractivity contribution is 5.40. The third-order valence-electron chi connectivity index (χ3n) is 3.21. The van der Waals surface area contributed by atoms with E-state index >= 15 is 0 Å². The van der Waals surface area contributed by atoms with Gasteiger partial charge in [-0.25, -0.2) is 8.78 Å². The van der Waals surface area contributed by atoms with Crippen LogP contribution in [0.2, 0.25) is 0 Å². The Morgan fingerprint density at radius 2 is 1.59 bits per heavy atom. The van der Waals surface area contributed by atoms with E-state index in [1.807, 2.05) is 0 Å². The highest BCUT2D eigenvalue weighted by Crippen LogP contribution is 2.60. The zero-order chi connectivity index (χ0) is 12.9. The number of rotatable bonds is 2. The van der Waals surface area contributed by atoms with Gasteiger partial charge in [0.15, 0.2) is 0 Å². The van der Waals surface area contributed by atoms with Crippen LogP contribution in [0.5, 0.6) is 0 Å². The molecule has 1 atom stereocenters. The number of benzene rings is 1. The lowest BCUT2D eigenvalue weighted by molar-refractivity contribution is -0.137. The maximum atomic E-state index is 13.2. The fourth-order valence-electron chi connectivity index (χ4n) is 1.97. The van der Waals surface area contributed by atoms with Crippen molar-refractivity contribution in [1.82, 2.24) is 0 Å². The van der Waals surface area contributed by atoms with E-state index in [-0.39, 0.29) is 12.1 Å². The first-order valence-corrected chi connectivity index (χ1v) is 4.99. The normalized spacial score (nSPS) is 26.9. The second-order valence-electron chi connectivity index (χ2n) is 4.24. The summed E-state index contributed by atoms with van der Waals surface area (Å²) in [6.45, 7) is -0.272. The van der Waals surface area contributed by atoms with Crippen LogP contribution in [0, 0.1) is 0 Å². The molecule has 2 rings (SSSR count). The van der Waals surface area contributed by atoms with Crippen molar-refractivity contribution in [2.45, 2.75) is 23.9 Å². The molecule has 1 fully saturated rings. The first-order valence-electron chi connectivity index (χ1n) is 4.99. The van der Waals surface area contributed by atoms with Gasteiger partial charge in [0.2, 0.25) is 0 Å². The zero-order valence-electron chi connectivity index (χ0n) is 8.69. The molecule has 0 aromatic heterocycles. The summed E-state index contributed by atoms with van der Waals surface area (Å²) in [7, 11) is 0. The number of nitrogens with two attached hydrogens (primary N) is 1. The van der Waals surface area contributed by atoms with Crippen molar-refractivity contribution in [1.29, 1.82) is 0 Å². The molecule has 0 amide bonds. The van der Waals surface area contributed by atoms with Gasteiger partial charge in [-0.05, 0) is 17.7 Å². The maximum absolute atomic E-state index is 13.2. The number of halogens is 5. The van der Waals surface area contributed by atoms with E-state index in [0.29, 0.717) is 0 Å². The van der Waals surface area contributed by atoms with Crippen LogP contribution in [0.1, 0.15) is 17.5 Å². The van der Waals surface area contributed by atoms with Crippen LogP contribution in [0.3, 0.4) is 0 Å².